The van der Waals surface area contributed by atoms with Crippen LogP contribution in [-0.2, 0) is 20.7 Å². The molecule has 1 spiro atoms. The van der Waals surface area contributed by atoms with Gasteiger partial charge in [-0.1, -0.05) is 55.5 Å². The van der Waals surface area contributed by atoms with Crippen LogP contribution in [0.15, 0.2) is 66.0 Å². The van der Waals surface area contributed by atoms with Crippen LogP contribution < -0.4 is 5.32 Å². The number of ketones is 1. The van der Waals surface area contributed by atoms with E-state index in [1.54, 1.807) is 42.5 Å². The van der Waals surface area contributed by atoms with Gasteiger partial charge in [-0.05, 0) is 25.0 Å². The van der Waals surface area contributed by atoms with Crippen LogP contribution in [-0.4, -0.2) is 39.3 Å². The zero-order valence-corrected chi connectivity index (χ0v) is 15.3. The van der Waals surface area contributed by atoms with Crippen LogP contribution in [0.3, 0.4) is 0 Å². The lowest BCUT2D eigenvalue weighted by molar-refractivity contribution is -0.161. The summed E-state index contributed by atoms with van der Waals surface area (Å²) in [6.07, 6.45) is 6.05. The number of hydrogen-bond acceptors (Lipinski definition) is 5. The Balaban J connectivity index is 1.88. The number of ether oxygens (including phenoxy) is 1. The Morgan fingerprint density at radius 3 is 2.59 bits per heavy atom. The van der Waals surface area contributed by atoms with Crippen molar-refractivity contribution in [3.05, 3.63) is 71.5 Å². The number of hydrogen-bond donors (Lipinski definition) is 3. The van der Waals surface area contributed by atoms with E-state index in [0.717, 1.165) is 6.42 Å². The molecule has 3 N–H and O–H groups in total. The van der Waals surface area contributed by atoms with Gasteiger partial charge in [-0.15, -0.1) is 0 Å². The van der Waals surface area contributed by atoms with Gasteiger partial charge in [-0.3, -0.25) is 9.59 Å². The second-order valence-electron chi connectivity index (χ2n) is 6.79. The van der Waals surface area contributed by atoms with E-state index in [2.05, 4.69) is 5.32 Å². The fraction of sp³-hybridized carbons (Fsp3) is 0.333. The van der Waals surface area contributed by atoms with Gasteiger partial charge < -0.3 is 20.3 Å². The lowest BCUT2D eigenvalue weighted by atomic mass is 9.86. The van der Waals surface area contributed by atoms with Crippen molar-refractivity contribution in [2.24, 2.45) is 0 Å². The number of allylic oxidation sites excluding steroid dienone is 4. The van der Waals surface area contributed by atoms with Crippen LogP contribution in [0.25, 0.3) is 0 Å². The topological polar surface area (TPSA) is 95.9 Å². The number of aliphatic hydroxyl groups excluding tert-OH is 1. The number of carbonyl (C=O) groups is 2. The number of nitrogens with one attached hydrogen (secondary N) is 1. The molecule has 3 rings (SSSR count). The molecule has 2 heterocycles. The molecule has 1 saturated heterocycles. The summed E-state index contributed by atoms with van der Waals surface area (Å²) in [6.45, 7) is 3.53. The predicted molar refractivity (Wildman–Crippen MR) is 99.3 cm³/mol. The first kappa shape index (κ1) is 19.1. The molecule has 1 aromatic rings. The second-order valence-corrected chi connectivity index (χ2v) is 6.79. The molecule has 1 amide bonds. The van der Waals surface area contributed by atoms with E-state index < -0.39 is 29.1 Å². The molecule has 27 heavy (non-hydrogen) atoms. The molecule has 2 aliphatic rings. The molecule has 6 heteroatoms. The summed E-state index contributed by atoms with van der Waals surface area (Å²) in [7, 11) is 0. The van der Waals surface area contributed by atoms with E-state index in [9.17, 15) is 19.8 Å². The monoisotopic (exact) mass is 369 g/mol. The first-order valence-electron chi connectivity index (χ1n) is 8.90. The quantitative estimate of drug-likeness (QED) is 0.541. The second kappa shape index (κ2) is 7.13. The van der Waals surface area contributed by atoms with Crippen molar-refractivity contribution in [1.29, 1.82) is 0 Å². The Kier molecular flexibility index (Phi) is 5.04. The van der Waals surface area contributed by atoms with Gasteiger partial charge in [-0.2, -0.15) is 0 Å². The summed E-state index contributed by atoms with van der Waals surface area (Å²) in [4.78, 5) is 25.5. The number of benzene rings is 1. The number of amides is 1. The summed E-state index contributed by atoms with van der Waals surface area (Å²) < 4.78 is 5.66. The standard InChI is InChI=1S/C21H23NO5/c1-3-4-5-9-12-16-14(2)17(23)21(27-16)18(24)20(26,22-19(21)25)13-15-10-7-6-8-11-15/h4-12,18,24,26H,3,13H2,1-2H3,(H,22,25)/b5-4+,12-9+. The largest absolute Gasteiger partial charge is 0.466 e. The molecule has 142 valence electrons. The molecule has 0 bridgehead atoms. The Morgan fingerprint density at radius 1 is 1.22 bits per heavy atom. The van der Waals surface area contributed by atoms with Crippen LogP contribution in [0, 0.1) is 0 Å². The summed E-state index contributed by atoms with van der Waals surface area (Å²) in [5.74, 6) is -1.28. The molecule has 2 aliphatic heterocycles. The maximum absolute atomic E-state index is 12.8. The van der Waals surface area contributed by atoms with Crippen molar-refractivity contribution in [3.63, 3.8) is 0 Å². The fourth-order valence-corrected chi connectivity index (χ4v) is 3.40. The van der Waals surface area contributed by atoms with Crippen molar-refractivity contribution in [3.8, 4) is 0 Å². The highest BCUT2D eigenvalue weighted by atomic mass is 16.5. The van der Waals surface area contributed by atoms with Crippen molar-refractivity contribution >= 4 is 11.7 Å². The molecule has 0 aliphatic carbocycles. The molecular formula is C21H23NO5. The average molecular weight is 369 g/mol. The van der Waals surface area contributed by atoms with Gasteiger partial charge in [0.1, 0.15) is 5.76 Å². The summed E-state index contributed by atoms with van der Waals surface area (Å²) in [5, 5.41) is 24.1. The summed E-state index contributed by atoms with van der Waals surface area (Å²) in [5.41, 5.74) is -3.23. The van der Waals surface area contributed by atoms with E-state index in [1.165, 1.54) is 6.92 Å². The molecule has 1 fully saturated rings. The van der Waals surface area contributed by atoms with Crippen molar-refractivity contribution < 1.29 is 24.5 Å². The van der Waals surface area contributed by atoms with Gasteiger partial charge in [-0.25, -0.2) is 0 Å². The number of carbonyl (C=O) groups excluding carboxylic acids is 2. The van der Waals surface area contributed by atoms with Crippen molar-refractivity contribution in [2.75, 3.05) is 0 Å². The zero-order chi connectivity index (χ0) is 19.7. The third-order valence-corrected chi connectivity index (χ3v) is 4.87. The number of rotatable bonds is 5. The highest BCUT2D eigenvalue weighted by Gasteiger charge is 2.70. The van der Waals surface area contributed by atoms with Crippen molar-refractivity contribution in [2.45, 2.75) is 44.1 Å². The van der Waals surface area contributed by atoms with Crippen LogP contribution >= 0.6 is 0 Å². The SMILES string of the molecule is CC/C=C/C=C/C1=C(C)C(=O)C2(O1)C(=O)NC(O)(Cc1ccccc1)C2O. The van der Waals surface area contributed by atoms with Crippen LogP contribution in [0.4, 0.5) is 0 Å². The first-order chi connectivity index (χ1) is 12.8. The van der Waals surface area contributed by atoms with Gasteiger partial charge >= 0.3 is 0 Å². The van der Waals surface area contributed by atoms with Gasteiger partial charge in [0, 0.05) is 12.0 Å². The van der Waals surface area contributed by atoms with E-state index in [0.29, 0.717) is 5.56 Å². The maximum Gasteiger partial charge on any atom is 0.278 e. The van der Waals surface area contributed by atoms with Crippen LogP contribution in [0.1, 0.15) is 25.8 Å². The minimum Gasteiger partial charge on any atom is -0.466 e. The Bertz CT molecular complexity index is 841. The summed E-state index contributed by atoms with van der Waals surface area (Å²) in [6, 6.07) is 8.91. The lowest BCUT2D eigenvalue weighted by Gasteiger charge is -2.30. The number of Topliss-reactive ketones (excluding diaryl/α,β-unsaturated/α-hetero) is 1. The van der Waals surface area contributed by atoms with Gasteiger partial charge in [0.25, 0.3) is 11.5 Å². The van der Waals surface area contributed by atoms with E-state index in [1.807, 2.05) is 19.1 Å². The lowest BCUT2D eigenvalue weighted by Crippen LogP contribution is -2.56. The molecule has 3 atom stereocenters. The van der Waals surface area contributed by atoms with E-state index in [-0.39, 0.29) is 17.8 Å². The molecule has 0 aromatic heterocycles. The highest BCUT2D eigenvalue weighted by Crippen LogP contribution is 2.42. The smallest absolute Gasteiger partial charge is 0.278 e. The first-order valence-corrected chi connectivity index (χ1v) is 8.90. The minimum atomic E-state index is -2.16. The van der Waals surface area contributed by atoms with E-state index >= 15 is 0 Å². The predicted octanol–water partition coefficient (Wildman–Crippen LogP) is 1.54. The molecule has 0 saturated carbocycles. The fourth-order valence-electron chi connectivity index (χ4n) is 3.40. The highest BCUT2D eigenvalue weighted by molar-refractivity contribution is 6.20. The third kappa shape index (κ3) is 3.11. The van der Waals surface area contributed by atoms with Gasteiger partial charge in [0.15, 0.2) is 11.8 Å². The van der Waals surface area contributed by atoms with E-state index in [4.69, 9.17) is 4.74 Å². The maximum atomic E-state index is 12.8. The third-order valence-electron chi connectivity index (χ3n) is 4.87. The average Bonchev–Trinajstić information content (AvgIpc) is 3.01. The van der Waals surface area contributed by atoms with Crippen LogP contribution in [0.5, 0.6) is 0 Å². The Morgan fingerprint density at radius 2 is 1.93 bits per heavy atom. The van der Waals surface area contributed by atoms with Crippen molar-refractivity contribution in [1.82, 2.24) is 5.32 Å². The Labute approximate surface area is 157 Å². The number of aliphatic hydroxyl groups is 2. The minimum absolute atomic E-state index is 0.0530. The Hall–Kier alpha value is -2.70. The molecule has 1 aromatic carbocycles. The summed E-state index contributed by atoms with van der Waals surface area (Å²) >= 11 is 0. The normalized spacial score (nSPS) is 30.7. The molecule has 0 radical (unpaired) electrons. The molecule has 6 nitrogen and oxygen atoms in total. The molecular weight excluding hydrogens is 346 g/mol. The van der Waals surface area contributed by atoms with Crippen LogP contribution in [0.2, 0.25) is 0 Å². The zero-order valence-electron chi connectivity index (χ0n) is 15.3. The van der Waals surface area contributed by atoms with Gasteiger partial charge in [0.2, 0.25) is 5.78 Å². The molecule has 3 unspecified atom stereocenters. The van der Waals surface area contributed by atoms with Gasteiger partial charge in [0.05, 0.1) is 0 Å².